The van der Waals surface area contributed by atoms with Crippen molar-refractivity contribution in [3.63, 3.8) is 0 Å². The number of esters is 1. The van der Waals surface area contributed by atoms with Crippen LogP contribution < -0.4 is 0 Å². The van der Waals surface area contributed by atoms with Crippen molar-refractivity contribution in [2.24, 2.45) is 5.10 Å². The SMILES string of the molecule is CC(=O)OCC1=NN(C)C(=O)c2c3c(nn2C1)CCN(C(=O)O)C3. The number of carboxylic acid groups (broad SMARTS) is 1. The van der Waals surface area contributed by atoms with Crippen molar-refractivity contribution in [2.45, 2.75) is 26.4 Å². The van der Waals surface area contributed by atoms with Crippen molar-refractivity contribution in [3.05, 3.63) is 17.0 Å². The summed E-state index contributed by atoms with van der Waals surface area (Å²) in [6.07, 6.45) is -0.573. The van der Waals surface area contributed by atoms with Crippen LogP contribution >= 0.6 is 0 Å². The van der Waals surface area contributed by atoms with Gasteiger partial charge in [0.15, 0.2) is 0 Å². The van der Waals surface area contributed by atoms with Gasteiger partial charge in [0.2, 0.25) is 0 Å². The fourth-order valence-corrected chi connectivity index (χ4v) is 2.82. The van der Waals surface area contributed by atoms with E-state index in [1.807, 2.05) is 0 Å². The van der Waals surface area contributed by atoms with Crippen molar-refractivity contribution in [1.29, 1.82) is 0 Å². The van der Waals surface area contributed by atoms with Crippen molar-refractivity contribution in [2.75, 3.05) is 20.2 Å². The number of rotatable bonds is 2. The van der Waals surface area contributed by atoms with Crippen molar-refractivity contribution in [3.8, 4) is 0 Å². The fraction of sp³-hybridized carbons (Fsp3) is 0.500. The number of ether oxygens (including phenoxy) is 1. The molecule has 2 aliphatic rings. The van der Waals surface area contributed by atoms with E-state index < -0.39 is 12.1 Å². The highest BCUT2D eigenvalue weighted by Crippen LogP contribution is 2.25. The molecular weight excluding hydrogens is 318 g/mol. The lowest BCUT2D eigenvalue weighted by Gasteiger charge is -2.24. The molecule has 2 amide bonds. The standard InChI is InChI=1S/C14H17N5O5/c1-8(20)24-7-9-5-19-12(13(21)17(2)15-9)10-6-18(14(22)23)4-3-11(10)16-19/h3-7H2,1-2H3,(H,22,23). The summed E-state index contributed by atoms with van der Waals surface area (Å²) < 4.78 is 6.47. The molecule has 1 aromatic rings. The first-order valence-electron chi connectivity index (χ1n) is 7.41. The highest BCUT2D eigenvalue weighted by Gasteiger charge is 2.33. The quantitative estimate of drug-likeness (QED) is 0.756. The Bertz CT molecular complexity index is 753. The van der Waals surface area contributed by atoms with Crippen molar-refractivity contribution < 1.29 is 24.2 Å². The van der Waals surface area contributed by atoms with Gasteiger partial charge in [-0.05, 0) is 0 Å². The van der Waals surface area contributed by atoms with E-state index in [1.165, 1.54) is 28.6 Å². The van der Waals surface area contributed by atoms with Gasteiger partial charge >= 0.3 is 12.1 Å². The fourth-order valence-electron chi connectivity index (χ4n) is 2.82. The first kappa shape index (κ1) is 16.0. The highest BCUT2D eigenvalue weighted by molar-refractivity contribution is 5.98. The lowest BCUT2D eigenvalue weighted by atomic mass is 10.1. The van der Waals surface area contributed by atoms with Crippen LogP contribution in [0.15, 0.2) is 5.10 Å². The largest absolute Gasteiger partial charge is 0.465 e. The molecule has 0 aromatic carbocycles. The molecule has 1 aromatic heterocycles. The average molecular weight is 335 g/mol. The van der Waals surface area contributed by atoms with E-state index in [1.54, 1.807) is 0 Å². The minimum Gasteiger partial charge on any atom is -0.465 e. The maximum Gasteiger partial charge on any atom is 0.407 e. The Hall–Kier alpha value is -2.91. The van der Waals surface area contributed by atoms with Gasteiger partial charge in [-0.1, -0.05) is 0 Å². The molecule has 0 aliphatic carbocycles. The molecule has 128 valence electrons. The zero-order valence-corrected chi connectivity index (χ0v) is 13.4. The normalized spacial score (nSPS) is 16.9. The summed E-state index contributed by atoms with van der Waals surface area (Å²) in [5, 5.41) is 18.9. The van der Waals surface area contributed by atoms with Crippen LogP contribution in [0.5, 0.6) is 0 Å². The average Bonchev–Trinajstić information content (AvgIpc) is 2.82. The van der Waals surface area contributed by atoms with Crippen LogP contribution in [-0.4, -0.2) is 68.7 Å². The Morgan fingerprint density at radius 2 is 2.08 bits per heavy atom. The van der Waals surface area contributed by atoms with E-state index in [2.05, 4.69) is 10.2 Å². The second kappa shape index (κ2) is 5.95. The van der Waals surface area contributed by atoms with E-state index in [9.17, 15) is 19.5 Å². The second-order valence-electron chi connectivity index (χ2n) is 5.66. The van der Waals surface area contributed by atoms with E-state index in [-0.39, 0.29) is 25.6 Å². The van der Waals surface area contributed by atoms with Gasteiger partial charge in [-0.15, -0.1) is 0 Å². The van der Waals surface area contributed by atoms with Crippen molar-refractivity contribution in [1.82, 2.24) is 19.7 Å². The van der Waals surface area contributed by atoms with Crippen LogP contribution in [0.4, 0.5) is 4.79 Å². The molecule has 0 saturated carbocycles. The third kappa shape index (κ3) is 2.82. The molecule has 10 heteroatoms. The van der Waals surface area contributed by atoms with Gasteiger partial charge in [-0.25, -0.2) is 9.80 Å². The number of hydrogen-bond donors (Lipinski definition) is 1. The lowest BCUT2D eigenvalue weighted by Crippen LogP contribution is -2.35. The topological polar surface area (TPSA) is 117 Å². The minimum absolute atomic E-state index is 0.0296. The van der Waals surface area contributed by atoms with Gasteiger partial charge in [0.25, 0.3) is 5.91 Å². The Morgan fingerprint density at radius 1 is 1.33 bits per heavy atom. The first-order valence-corrected chi connectivity index (χ1v) is 7.41. The summed E-state index contributed by atoms with van der Waals surface area (Å²) in [6, 6.07) is 0. The van der Waals surface area contributed by atoms with Crippen LogP contribution in [-0.2, 0) is 29.0 Å². The highest BCUT2D eigenvalue weighted by atomic mass is 16.5. The third-order valence-electron chi connectivity index (χ3n) is 3.93. The number of carbonyl (C=O) groups excluding carboxylic acids is 2. The number of carbonyl (C=O) groups is 3. The molecule has 0 atom stereocenters. The third-order valence-corrected chi connectivity index (χ3v) is 3.93. The summed E-state index contributed by atoms with van der Waals surface area (Å²) in [4.78, 5) is 36.1. The number of aromatic nitrogens is 2. The van der Waals surface area contributed by atoms with Crippen LogP contribution in [0, 0.1) is 0 Å². The molecule has 0 fully saturated rings. The summed E-state index contributed by atoms with van der Waals surface area (Å²) in [6.45, 7) is 1.94. The Labute approximate surface area is 137 Å². The maximum atomic E-state index is 12.6. The maximum absolute atomic E-state index is 12.6. The summed E-state index contributed by atoms with van der Waals surface area (Å²) in [5.74, 6) is -0.804. The molecule has 10 nitrogen and oxygen atoms in total. The first-order chi connectivity index (χ1) is 11.4. The van der Waals surface area contributed by atoms with Crippen molar-refractivity contribution >= 4 is 23.7 Å². The van der Waals surface area contributed by atoms with Gasteiger partial charge in [0.05, 0.1) is 24.5 Å². The summed E-state index contributed by atoms with van der Waals surface area (Å²) >= 11 is 0. The number of fused-ring (bicyclic) bond motifs is 3. The van der Waals surface area contributed by atoms with E-state index in [4.69, 9.17) is 4.74 Å². The molecule has 0 saturated heterocycles. The molecule has 0 radical (unpaired) electrons. The molecule has 2 aliphatic heterocycles. The van der Waals surface area contributed by atoms with Crippen LogP contribution in [0.3, 0.4) is 0 Å². The van der Waals surface area contributed by atoms with Crippen LogP contribution in [0.25, 0.3) is 0 Å². The molecule has 0 unspecified atom stereocenters. The molecule has 1 N–H and O–H groups in total. The zero-order valence-electron chi connectivity index (χ0n) is 13.4. The molecule has 0 spiro atoms. The predicted octanol–water partition coefficient (Wildman–Crippen LogP) is -0.0761. The summed E-state index contributed by atoms with van der Waals surface area (Å²) in [5.41, 5.74) is 2.15. The van der Waals surface area contributed by atoms with Crippen LogP contribution in [0.2, 0.25) is 0 Å². The van der Waals surface area contributed by atoms with Gasteiger partial charge in [-0.2, -0.15) is 10.2 Å². The smallest absolute Gasteiger partial charge is 0.407 e. The number of hydrazone groups is 1. The van der Waals surface area contributed by atoms with E-state index >= 15 is 0 Å². The molecule has 24 heavy (non-hydrogen) atoms. The Kier molecular flexibility index (Phi) is 3.96. The molecule has 3 heterocycles. The number of amides is 2. The monoisotopic (exact) mass is 335 g/mol. The lowest BCUT2D eigenvalue weighted by molar-refractivity contribution is -0.139. The van der Waals surface area contributed by atoms with Gasteiger partial charge in [0.1, 0.15) is 12.3 Å². The zero-order chi connectivity index (χ0) is 17.4. The molecule has 0 bridgehead atoms. The number of nitrogens with zero attached hydrogens (tertiary/aromatic N) is 5. The number of hydrogen-bond acceptors (Lipinski definition) is 6. The van der Waals surface area contributed by atoms with Crippen LogP contribution in [0.1, 0.15) is 28.7 Å². The van der Waals surface area contributed by atoms with Gasteiger partial charge in [0, 0.05) is 32.5 Å². The van der Waals surface area contributed by atoms with E-state index in [0.29, 0.717) is 29.9 Å². The Balaban J connectivity index is 1.94. The summed E-state index contributed by atoms with van der Waals surface area (Å²) in [7, 11) is 1.50. The Morgan fingerprint density at radius 3 is 2.75 bits per heavy atom. The van der Waals surface area contributed by atoms with E-state index in [0.717, 1.165) is 5.69 Å². The minimum atomic E-state index is -1.03. The second-order valence-corrected chi connectivity index (χ2v) is 5.66. The van der Waals surface area contributed by atoms with Gasteiger partial charge in [-0.3, -0.25) is 14.3 Å². The van der Waals surface area contributed by atoms with Gasteiger partial charge < -0.3 is 14.7 Å². The predicted molar refractivity (Wildman–Crippen MR) is 80.5 cm³/mol. The molecular formula is C14H17N5O5. The molecule has 3 rings (SSSR count).